The molecule has 0 saturated heterocycles. The van der Waals surface area contributed by atoms with Gasteiger partial charge in [-0.05, 0) is 6.42 Å². The number of aliphatic hydroxyl groups excluding tert-OH is 1. The minimum Gasteiger partial charge on any atom is -0.479 e. The van der Waals surface area contributed by atoms with Gasteiger partial charge < -0.3 is 20.8 Å². The van der Waals surface area contributed by atoms with E-state index in [9.17, 15) is 18.0 Å². The fraction of sp³-hybridized carbons (Fsp3) is 0.750. The lowest BCUT2D eigenvalue weighted by molar-refractivity contribution is -0.146. The quantitative estimate of drug-likeness (QED) is 0.316. The van der Waals surface area contributed by atoms with Crippen molar-refractivity contribution >= 4 is 22.0 Å². The van der Waals surface area contributed by atoms with Crippen molar-refractivity contribution in [3.8, 4) is 0 Å². The summed E-state index contributed by atoms with van der Waals surface area (Å²) in [6, 6.07) is -0.630. The summed E-state index contributed by atoms with van der Waals surface area (Å²) >= 11 is 0. The Morgan fingerprint density at radius 2 is 1.83 bits per heavy atom. The van der Waals surface area contributed by atoms with Gasteiger partial charge in [0.2, 0.25) is 10.0 Å². The number of sulfonamides is 1. The van der Waals surface area contributed by atoms with Gasteiger partial charge in [-0.25, -0.2) is 22.7 Å². The molecular weight excluding hydrogens is 266 g/mol. The second-order valence-electron chi connectivity index (χ2n) is 3.51. The molecule has 0 spiro atoms. The number of carbonyl (C=O) groups is 2. The Balaban J connectivity index is 3.57. The van der Waals surface area contributed by atoms with Crippen molar-refractivity contribution in [1.29, 1.82) is 0 Å². The molecule has 106 valence electrons. The van der Waals surface area contributed by atoms with Crippen LogP contribution < -0.4 is 15.4 Å². The van der Waals surface area contributed by atoms with Crippen LogP contribution in [0.5, 0.6) is 0 Å². The number of hydrogen-bond donors (Lipinski definition) is 5. The molecule has 0 aromatic carbocycles. The second kappa shape index (κ2) is 7.84. The largest absolute Gasteiger partial charge is 0.479 e. The van der Waals surface area contributed by atoms with Crippen molar-refractivity contribution in [2.24, 2.45) is 0 Å². The van der Waals surface area contributed by atoms with E-state index in [1.54, 1.807) is 0 Å². The lowest BCUT2D eigenvalue weighted by atomic mass is 10.3. The standard InChI is InChI=1S/C8H17N3O6S/c1-18(16,17)11-4-2-3-9-8(15)10-5-6(12)7(13)14/h6,11-12H,2-5H2,1H3,(H,13,14)(H2,9,10,15)/t6-/m0/s1. The fourth-order valence-electron chi connectivity index (χ4n) is 0.887. The topological polar surface area (TPSA) is 145 Å². The van der Waals surface area contributed by atoms with Crippen LogP contribution in [0.1, 0.15) is 6.42 Å². The number of hydrogen-bond acceptors (Lipinski definition) is 5. The lowest BCUT2D eigenvalue weighted by Crippen LogP contribution is -2.42. The van der Waals surface area contributed by atoms with E-state index in [0.29, 0.717) is 6.42 Å². The highest BCUT2D eigenvalue weighted by Crippen LogP contribution is 1.81. The Morgan fingerprint density at radius 3 is 2.33 bits per heavy atom. The predicted octanol–water partition coefficient (Wildman–Crippen LogP) is -2.33. The molecule has 10 heteroatoms. The maximum absolute atomic E-state index is 11.1. The molecule has 5 N–H and O–H groups in total. The molecule has 0 aliphatic carbocycles. The number of amides is 2. The van der Waals surface area contributed by atoms with Gasteiger partial charge in [-0.15, -0.1) is 0 Å². The van der Waals surface area contributed by atoms with E-state index in [4.69, 9.17) is 10.2 Å². The predicted molar refractivity (Wildman–Crippen MR) is 62.5 cm³/mol. The van der Waals surface area contributed by atoms with Crippen molar-refractivity contribution < 1.29 is 28.2 Å². The zero-order valence-corrected chi connectivity index (χ0v) is 10.7. The van der Waals surface area contributed by atoms with Gasteiger partial charge in [-0.1, -0.05) is 0 Å². The third-order valence-electron chi connectivity index (χ3n) is 1.74. The third kappa shape index (κ3) is 9.81. The summed E-state index contributed by atoms with van der Waals surface area (Å²) < 4.78 is 23.6. The molecule has 0 radical (unpaired) electrons. The summed E-state index contributed by atoms with van der Waals surface area (Å²) in [4.78, 5) is 21.3. The first-order valence-electron chi connectivity index (χ1n) is 5.09. The zero-order valence-electron chi connectivity index (χ0n) is 9.84. The minimum atomic E-state index is -3.23. The van der Waals surface area contributed by atoms with Crippen LogP contribution in [0.15, 0.2) is 0 Å². The summed E-state index contributed by atoms with van der Waals surface area (Å²) in [6.45, 7) is 0.0111. The highest BCUT2D eigenvalue weighted by atomic mass is 32.2. The molecule has 0 unspecified atom stereocenters. The van der Waals surface area contributed by atoms with Crippen LogP contribution in [0, 0.1) is 0 Å². The van der Waals surface area contributed by atoms with Gasteiger partial charge in [0.1, 0.15) is 0 Å². The Labute approximate surface area is 105 Å². The number of urea groups is 1. The molecule has 0 saturated carbocycles. The molecule has 9 nitrogen and oxygen atoms in total. The normalized spacial score (nSPS) is 12.8. The average molecular weight is 283 g/mol. The second-order valence-corrected chi connectivity index (χ2v) is 5.34. The number of rotatable bonds is 8. The van der Waals surface area contributed by atoms with Crippen LogP contribution >= 0.6 is 0 Å². The summed E-state index contributed by atoms with van der Waals surface area (Å²) in [7, 11) is -3.23. The Morgan fingerprint density at radius 1 is 1.22 bits per heavy atom. The molecule has 2 amide bonds. The molecule has 0 bridgehead atoms. The van der Waals surface area contributed by atoms with Gasteiger partial charge in [0.15, 0.2) is 6.10 Å². The van der Waals surface area contributed by atoms with Crippen molar-refractivity contribution in [2.45, 2.75) is 12.5 Å². The first-order chi connectivity index (χ1) is 8.22. The maximum atomic E-state index is 11.1. The smallest absolute Gasteiger partial charge is 0.334 e. The van der Waals surface area contributed by atoms with Crippen LogP contribution in [-0.4, -0.2) is 62.6 Å². The van der Waals surface area contributed by atoms with Crippen LogP contribution in [0.3, 0.4) is 0 Å². The molecule has 0 rings (SSSR count). The van der Waals surface area contributed by atoms with Crippen LogP contribution in [0.4, 0.5) is 4.79 Å². The van der Waals surface area contributed by atoms with E-state index in [0.717, 1.165) is 6.26 Å². The number of carbonyl (C=O) groups excluding carboxylic acids is 1. The molecule has 0 aromatic rings. The van der Waals surface area contributed by atoms with Gasteiger partial charge in [-0.3, -0.25) is 0 Å². The summed E-state index contributed by atoms with van der Waals surface area (Å²) in [5.74, 6) is -1.42. The maximum Gasteiger partial charge on any atom is 0.334 e. The van der Waals surface area contributed by atoms with Crippen molar-refractivity contribution in [2.75, 3.05) is 25.9 Å². The highest BCUT2D eigenvalue weighted by molar-refractivity contribution is 7.88. The van der Waals surface area contributed by atoms with Gasteiger partial charge in [0.05, 0.1) is 12.8 Å². The zero-order chi connectivity index (χ0) is 14.2. The average Bonchev–Trinajstić information content (AvgIpc) is 2.23. The van der Waals surface area contributed by atoms with E-state index in [1.807, 2.05) is 0 Å². The van der Waals surface area contributed by atoms with Gasteiger partial charge in [0, 0.05) is 13.1 Å². The summed E-state index contributed by atoms with van der Waals surface area (Å²) in [6.07, 6.45) is -0.231. The SMILES string of the molecule is CS(=O)(=O)NCCCNC(=O)NC[C@H](O)C(=O)O. The molecule has 0 aliphatic rings. The van der Waals surface area contributed by atoms with Gasteiger partial charge in [-0.2, -0.15) is 0 Å². The molecular formula is C8H17N3O6S. The first-order valence-corrected chi connectivity index (χ1v) is 6.98. The first kappa shape index (κ1) is 16.6. The van der Waals surface area contributed by atoms with E-state index in [-0.39, 0.29) is 13.1 Å². The van der Waals surface area contributed by atoms with E-state index in [2.05, 4.69) is 15.4 Å². The molecule has 0 fully saturated rings. The summed E-state index contributed by atoms with van der Waals surface area (Å²) in [5.41, 5.74) is 0. The Bertz CT molecular complexity index is 382. The van der Waals surface area contributed by atoms with E-state index < -0.39 is 34.7 Å². The highest BCUT2D eigenvalue weighted by Gasteiger charge is 2.13. The van der Waals surface area contributed by atoms with Crippen LogP contribution in [0.25, 0.3) is 0 Å². The van der Waals surface area contributed by atoms with Crippen LogP contribution in [0.2, 0.25) is 0 Å². The van der Waals surface area contributed by atoms with Gasteiger partial charge >= 0.3 is 12.0 Å². The third-order valence-corrected chi connectivity index (χ3v) is 2.47. The Kier molecular flexibility index (Phi) is 7.24. The van der Waals surface area contributed by atoms with Crippen molar-refractivity contribution in [3.63, 3.8) is 0 Å². The molecule has 0 aromatic heterocycles. The van der Waals surface area contributed by atoms with Crippen molar-refractivity contribution in [1.82, 2.24) is 15.4 Å². The number of aliphatic carboxylic acids is 1. The number of nitrogens with one attached hydrogen (secondary N) is 3. The molecule has 0 aliphatic heterocycles. The lowest BCUT2D eigenvalue weighted by Gasteiger charge is -2.09. The van der Waals surface area contributed by atoms with E-state index >= 15 is 0 Å². The summed E-state index contributed by atoms with van der Waals surface area (Å²) in [5, 5.41) is 21.7. The minimum absolute atomic E-state index is 0.191. The van der Waals surface area contributed by atoms with Gasteiger partial charge in [0.25, 0.3) is 0 Å². The van der Waals surface area contributed by atoms with Crippen molar-refractivity contribution in [3.05, 3.63) is 0 Å². The molecule has 0 heterocycles. The van der Waals surface area contributed by atoms with E-state index in [1.165, 1.54) is 0 Å². The monoisotopic (exact) mass is 283 g/mol. The fourth-order valence-corrected chi connectivity index (χ4v) is 1.40. The van der Waals surface area contributed by atoms with Crippen LogP contribution in [-0.2, 0) is 14.8 Å². The molecule has 18 heavy (non-hydrogen) atoms. The Hall–Kier alpha value is -1.39. The molecule has 1 atom stereocenters. The number of aliphatic hydroxyl groups is 1. The number of carboxylic acid groups (broad SMARTS) is 1. The number of carboxylic acids is 1.